The number of carbonyl (C=O) groups is 2. The minimum absolute atomic E-state index is 0.0274. The number of nitrogens with zero attached hydrogens (tertiary/aromatic N) is 4. The van der Waals surface area contributed by atoms with Crippen LogP contribution in [0.4, 0.5) is 0 Å². The van der Waals surface area contributed by atoms with E-state index in [-0.39, 0.29) is 52.8 Å². The highest BCUT2D eigenvalue weighted by atomic mass is 32.2. The van der Waals surface area contributed by atoms with Crippen LogP contribution < -0.4 is 4.72 Å². The van der Waals surface area contributed by atoms with Crippen molar-refractivity contribution in [2.24, 2.45) is 11.8 Å². The predicted molar refractivity (Wildman–Crippen MR) is 124 cm³/mol. The van der Waals surface area contributed by atoms with E-state index >= 15 is 0 Å². The normalized spacial score (nSPS) is 31.9. The van der Waals surface area contributed by atoms with E-state index in [0.29, 0.717) is 25.4 Å². The van der Waals surface area contributed by atoms with Crippen LogP contribution in [0.1, 0.15) is 44.7 Å². The molecular weight excluding hydrogens is 454 g/mol. The van der Waals surface area contributed by atoms with Crippen molar-refractivity contribution in [2.75, 3.05) is 20.1 Å². The minimum Gasteiger partial charge on any atom is -0.330 e. The summed E-state index contributed by atoms with van der Waals surface area (Å²) in [6.07, 6.45) is 2.51. The van der Waals surface area contributed by atoms with Gasteiger partial charge in [0.1, 0.15) is 6.04 Å². The molecule has 1 aromatic carbocycles. The Balaban J connectivity index is 1.25. The molecule has 34 heavy (non-hydrogen) atoms. The lowest BCUT2D eigenvalue weighted by Crippen LogP contribution is -2.53. The van der Waals surface area contributed by atoms with Gasteiger partial charge in [-0.2, -0.15) is 5.26 Å². The van der Waals surface area contributed by atoms with Crippen LogP contribution in [0.25, 0.3) is 0 Å². The molecule has 2 amide bonds. The summed E-state index contributed by atoms with van der Waals surface area (Å²) in [5, 5.41) is 9.42. The fourth-order valence-electron chi connectivity index (χ4n) is 6.19. The lowest BCUT2D eigenvalue weighted by molar-refractivity contribution is -0.142. The maximum atomic E-state index is 13.3. The summed E-state index contributed by atoms with van der Waals surface area (Å²) in [7, 11) is -2.19. The largest absolute Gasteiger partial charge is 0.330 e. The molecule has 5 rings (SSSR count). The van der Waals surface area contributed by atoms with Crippen molar-refractivity contribution < 1.29 is 18.0 Å². The fraction of sp³-hybridized carbons (Fsp3) is 0.625. The first-order valence-corrected chi connectivity index (χ1v) is 13.5. The number of fused-ring (bicyclic) bond motifs is 3. The van der Waals surface area contributed by atoms with Gasteiger partial charge in [-0.1, -0.05) is 19.1 Å². The number of rotatable bonds is 7. The maximum Gasteiger partial charge on any atom is 0.240 e. The number of nitrogens with one attached hydrogen (secondary N) is 1. The van der Waals surface area contributed by atoms with Gasteiger partial charge < -0.3 is 9.80 Å². The Kier molecular flexibility index (Phi) is 5.70. The quantitative estimate of drug-likeness (QED) is 0.619. The molecule has 7 atom stereocenters. The smallest absolute Gasteiger partial charge is 0.240 e. The van der Waals surface area contributed by atoms with Gasteiger partial charge in [-0.15, -0.1) is 0 Å². The fourth-order valence-corrected chi connectivity index (χ4v) is 6.98. The molecule has 3 aliphatic heterocycles. The van der Waals surface area contributed by atoms with Crippen molar-refractivity contribution in [1.29, 1.82) is 5.26 Å². The van der Waals surface area contributed by atoms with Crippen LogP contribution in [0.15, 0.2) is 29.2 Å². The second-order valence-electron chi connectivity index (χ2n) is 10.2. The molecule has 1 aromatic rings. The monoisotopic (exact) mass is 485 g/mol. The van der Waals surface area contributed by atoms with Gasteiger partial charge in [0, 0.05) is 31.1 Å². The molecule has 4 aliphatic rings. The first kappa shape index (κ1) is 23.3. The average Bonchev–Trinajstić information content (AvgIpc) is 3.15. The van der Waals surface area contributed by atoms with Gasteiger partial charge in [0.15, 0.2) is 0 Å². The van der Waals surface area contributed by atoms with Crippen LogP contribution in [0.2, 0.25) is 0 Å². The molecule has 1 unspecified atom stereocenters. The van der Waals surface area contributed by atoms with Crippen molar-refractivity contribution in [1.82, 2.24) is 19.4 Å². The van der Waals surface area contributed by atoms with Crippen molar-refractivity contribution in [3.8, 4) is 6.07 Å². The SMILES string of the molecule is CNS(=O)(=O)c1cccc([C@@H](C)N2C(=O)[C@H]3C[C@@H]2CN3C[C@H](C)C(=O)N2C3C[C@H]3C[C@H]2C#N)c1. The maximum absolute atomic E-state index is 13.3. The van der Waals surface area contributed by atoms with Crippen LogP contribution in [-0.4, -0.2) is 79.2 Å². The van der Waals surface area contributed by atoms with E-state index in [0.717, 1.165) is 18.4 Å². The first-order chi connectivity index (χ1) is 16.2. The van der Waals surface area contributed by atoms with Crippen molar-refractivity contribution in [2.45, 2.75) is 68.2 Å². The molecule has 0 radical (unpaired) electrons. The Morgan fingerprint density at radius 1 is 1.26 bits per heavy atom. The summed E-state index contributed by atoms with van der Waals surface area (Å²) in [5.41, 5.74) is 0.780. The Morgan fingerprint density at radius 3 is 2.71 bits per heavy atom. The zero-order chi connectivity index (χ0) is 24.4. The van der Waals surface area contributed by atoms with Gasteiger partial charge in [0.05, 0.1) is 23.0 Å². The molecule has 1 N–H and O–H groups in total. The number of carbonyl (C=O) groups excluding carboxylic acids is 2. The summed E-state index contributed by atoms with van der Waals surface area (Å²) in [4.78, 5) is 32.4. The van der Waals surface area contributed by atoms with Crippen LogP contribution >= 0.6 is 0 Å². The Labute approximate surface area is 200 Å². The third-order valence-electron chi connectivity index (χ3n) is 8.09. The summed E-state index contributed by atoms with van der Waals surface area (Å²) in [6.45, 7) is 5.04. The lowest BCUT2D eigenvalue weighted by Gasteiger charge is -2.38. The topological polar surface area (TPSA) is 114 Å². The number of piperidine rings is 1. The van der Waals surface area contributed by atoms with Gasteiger partial charge in [0.25, 0.3) is 0 Å². The van der Waals surface area contributed by atoms with Gasteiger partial charge in [-0.3, -0.25) is 14.5 Å². The summed E-state index contributed by atoms with van der Waals surface area (Å²) in [5.74, 6) is 0.279. The molecule has 4 fully saturated rings. The number of piperazine rings is 1. The van der Waals surface area contributed by atoms with Crippen molar-refractivity contribution in [3.05, 3.63) is 29.8 Å². The van der Waals surface area contributed by atoms with Gasteiger partial charge >= 0.3 is 0 Å². The highest BCUT2D eigenvalue weighted by Gasteiger charge is 2.55. The third kappa shape index (κ3) is 3.70. The van der Waals surface area contributed by atoms with Gasteiger partial charge in [0.2, 0.25) is 21.8 Å². The predicted octanol–water partition coefficient (Wildman–Crippen LogP) is 1.09. The molecule has 3 heterocycles. The van der Waals surface area contributed by atoms with E-state index in [1.165, 1.54) is 7.05 Å². The molecule has 0 spiro atoms. The number of sulfonamides is 1. The number of likely N-dealkylation sites (tertiary alicyclic amines) is 3. The molecule has 182 valence electrons. The molecule has 10 heteroatoms. The number of amides is 2. The van der Waals surface area contributed by atoms with Gasteiger partial charge in [-0.25, -0.2) is 13.1 Å². The second-order valence-corrected chi connectivity index (χ2v) is 12.0. The van der Waals surface area contributed by atoms with E-state index in [4.69, 9.17) is 0 Å². The van der Waals surface area contributed by atoms with E-state index in [9.17, 15) is 23.3 Å². The molecule has 1 saturated carbocycles. The average molecular weight is 486 g/mol. The summed E-state index contributed by atoms with van der Waals surface area (Å²) < 4.78 is 26.7. The highest BCUT2D eigenvalue weighted by molar-refractivity contribution is 7.89. The molecule has 2 bridgehead atoms. The molecule has 3 saturated heterocycles. The standard InChI is InChI=1S/C24H31N5O4S/c1-14(23(30)29-18(11-25)7-17-9-21(17)29)12-27-13-19-10-22(27)24(31)28(19)15(2)16-5-4-6-20(8-16)34(32,33)26-3/h4-6,8,14-15,17-19,21-22,26H,7,9-10,12-13H2,1-3H3/t14-,15+,17+,18-,19+,21?,22+/m0/s1. The minimum atomic E-state index is -3.56. The first-order valence-electron chi connectivity index (χ1n) is 12.0. The lowest BCUT2D eigenvalue weighted by atomic mass is 10.0. The zero-order valence-electron chi connectivity index (χ0n) is 19.7. The molecule has 0 aromatic heterocycles. The van der Waals surface area contributed by atoms with E-state index in [2.05, 4.69) is 15.7 Å². The number of nitriles is 1. The number of hydrogen-bond donors (Lipinski definition) is 1. The van der Waals surface area contributed by atoms with E-state index < -0.39 is 10.0 Å². The highest BCUT2D eigenvalue weighted by Crippen LogP contribution is 2.48. The molecular formula is C24H31N5O4S. The second kappa shape index (κ2) is 8.33. The zero-order valence-corrected chi connectivity index (χ0v) is 20.5. The number of benzene rings is 1. The van der Waals surface area contributed by atoms with Gasteiger partial charge in [-0.05, 0) is 56.8 Å². The van der Waals surface area contributed by atoms with Crippen LogP contribution in [0, 0.1) is 23.2 Å². The summed E-state index contributed by atoms with van der Waals surface area (Å²) >= 11 is 0. The van der Waals surface area contributed by atoms with Crippen molar-refractivity contribution in [3.63, 3.8) is 0 Å². The van der Waals surface area contributed by atoms with Crippen LogP contribution in [0.5, 0.6) is 0 Å². The molecule has 1 aliphatic carbocycles. The van der Waals surface area contributed by atoms with E-state index in [1.807, 2.05) is 24.8 Å². The summed E-state index contributed by atoms with van der Waals surface area (Å²) in [6, 6.07) is 8.45. The van der Waals surface area contributed by atoms with Crippen molar-refractivity contribution >= 4 is 21.8 Å². The van der Waals surface area contributed by atoms with Crippen LogP contribution in [-0.2, 0) is 19.6 Å². The Bertz CT molecular complexity index is 1160. The third-order valence-corrected chi connectivity index (χ3v) is 9.50. The Hall–Kier alpha value is -2.48. The number of hydrogen-bond acceptors (Lipinski definition) is 6. The van der Waals surface area contributed by atoms with Crippen LogP contribution in [0.3, 0.4) is 0 Å². The molecule has 9 nitrogen and oxygen atoms in total. The van der Waals surface area contributed by atoms with E-state index in [1.54, 1.807) is 23.1 Å². The Morgan fingerprint density at radius 2 is 2.03 bits per heavy atom.